The fourth-order valence-corrected chi connectivity index (χ4v) is 1.80. The molecule has 0 bridgehead atoms. The zero-order valence-electron chi connectivity index (χ0n) is 8.19. The normalized spacial score (nSPS) is 11.0. The van der Waals surface area contributed by atoms with Gasteiger partial charge in [-0.15, -0.1) is 0 Å². The molecule has 0 saturated heterocycles. The summed E-state index contributed by atoms with van der Waals surface area (Å²) in [6, 6.07) is 5.91. The summed E-state index contributed by atoms with van der Waals surface area (Å²) in [5, 5.41) is 2.11. The van der Waals surface area contributed by atoms with Crippen LogP contribution >= 0.6 is 0 Å². The summed E-state index contributed by atoms with van der Waals surface area (Å²) in [6.07, 6.45) is 3.34. The van der Waals surface area contributed by atoms with Crippen LogP contribution in [0.25, 0.3) is 21.9 Å². The van der Waals surface area contributed by atoms with E-state index in [1.165, 1.54) is 6.33 Å². The van der Waals surface area contributed by atoms with E-state index in [2.05, 4.69) is 15.0 Å². The van der Waals surface area contributed by atoms with Gasteiger partial charge in [-0.25, -0.2) is 9.97 Å². The van der Waals surface area contributed by atoms with Crippen LogP contribution in [0.1, 0.15) is 0 Å². The lowest BCUT2D eigenvalue weighted by Crippen LogP contribution is -1.82. The predicted octanol–water partition coefficient (Wildman–Crippen LogP) is 2.12. The highest BCUT2D eigenvalue weighted by Crippen LogP contribution is 2.29. The Labute approximate surface area is 85.9 Å². The largest absolute Gasteiger partial charge is 0.495 e. The van der Waals surface area contributed by atoms with Gasteiger partial charge in [0.25, 0.3) is 0 Å². The lowest BCUT2D eigenvalue weighted by atomic mass is 10.2. The molecule has 0 amide bonds. The van der Waals surface area contributed by atoms with Crippen LogP contribution in [0, 0.1) is 0 Å². The number of hydrogen-bond donors (Lipinski definition) is 1. The molecule has 1 aromatic carbocycles. The second kappa shape index (κ2) is 2.95. The standard InChI is InChI=1S/C11H9N3O/c1-15-9-4-2-3-7-8-5-12-6-13-11(8)14-10(7)9/h2-6H,1H3,(H,12,13,14). The highest BCUT2D eigenvalue weighted by Gasteiger charge is 2.08. The lowest BCUT2D eigenvalue weighted by molar-refractivity contribution is 0.419. The van der Waals surface area contributed by atoms with Crippen LogP contribution in [0.5, 0.6) is 5.75 Å². The molecule has 3 rings (SSSR count). The molecule has 3 aromatic rings. The monoisotopic (exact) mass is 199 g/mol. The van der Waals surface area contributed by atoms with E-state index in [1.54, 1.807) is 13.3 Å². The van der Waals surface area contributed by atoms with E-state index in [1.807, 2.05) is 18.2 Å². The van der Waals surface area contributed by atoms with Crippen LogP contribution in [0.4, 0.5) is 0 Å². The minimum Gasteiger partial charge on any atom is -0.495 e. The van der Waals surface area contributed by atoms with Gasteiger partial charge in [-0.1, -0.05) is 12.1 Å². The third kappa shape index (κ3) is 1.08. The number of H-pyrrole nitrogens is 1. The predicted molar refractivity (Wildman–Crippen MR) is 57.9 cm³/mol. The summed E-state index contributed by atoms with van der Waals surface area (Å²) in [5.74, 6) is 0.825. The van der Waals surface area contributed by atoms with E-state index in [9.17, 15) is 0 Å². The van der Waals surface area contributed by atoms with Gasteiger partial charge >= 0.3 is 0 Å². The van der Waals surface area contributed by atoms with Gasteiger partial charge in [-0.05, 0) is 6.07 Å². The molecule has 0 aliphatic rings. The van der Waals surface area contributed by atoms with E-state index >= 15 is 0 Å². The van der Waals surface area contributed by atoms with Crippen LogP contribution in [-0.2, 0) is 0 Å². The van der Waals surface area contributed by atoms with Gasteiger partial charge < -0.3 is 9.72 Å². The average Bonchev–Trinajstić information content (AvgIpc) is 2.67. The number of fused-ring (bicyclic) bond motifs is 3. The highest BCUT2D eigenvalue weighted by atomic mass is 16.5. The number of aromatic nitrogens is 3. The Morgan fingerprint density at radius 2 is 2.20 bits per heavy atom. The van der Waals surface area contributed by atoms with Gasteiger partial charge in [-0.2, -0.15) is 0 Å². The Morgan fingerprint density at radius 3 is 3.07 bits per heavy atom. The fraction of sp³-hybridized carbons (Fsp3) is 0.0909. The van der Waals surface area contributed by atoms with Gasteiger partial charge in [-0.3, -0.25) is 0 Å². The van der Waals surface area contributed by atoms with E-state index in [4.69, 9.17) is 4.74 Å². The van der Waals surface area contributed by atoms with Crippen molar-refractivity contribution in [1.29, 1.82) is 0 Å². The first kappa shape index (κ1) is 8.23. The van der Waals surface area contributed by atoms with E-state index in [-0.39, 0.29) is 0 Å². The summed E-state index contributed by atoms with van der Waals surface area (Å²) in [5.41, 5.74) is 1.81. The number of aromatic amines is 1. The number of rotatable bonds is 1. The first-order chi connectivity index (χ1) is 7.40. The second-order valence-corrected chi connectivity index (χ2v) is 3.29. The minimum absolute atomic E-state index is 0.825. The summed E-state index contributed by atoms with van der Waals surface area (Å²) < 4.78 is 5.28. The van der Waals surface area contributed by atoms with Crippen molar-refractivity contribution in [3.8, 4) is 5.75 Å². The molecule has 0 fully saturated rings. The van der Waals surface area contributed by atoms with Crippen molar-refractivity contribution >= 4 is 21.9 Å². The smallest absolute Gasteiger partial charge is 0.142 e. The van der Waals surface area contributed by atoms with Gasteiger partial charge in [0, 0.05) is 17.0 Å². The molecule has 1 N–H and O–H groups in total. The Morgan fingerprint density at radius 1 is 1.27 bits per heavy atom. The van der Waals surface area contributed by atoms with Crippen LogP contribution < -0.4 is 4.74 Å². The SMILES string of the molecule is COc1cccc2c1[nH]c1ncncc12. The first-order valence-corrected chi connectivity index (χ1v) is 4.64. The topological polar surface area (TPSA) is 50.8 Å². The number of methoxy groups -OCH3 is 1. The molecule has 15 heavy (non-hydrogen) atoms. The maximum Gasteiger partial charge on any atom is 0.142 e. The van der Waals surface area contributed by atoms with Gasteiger partial charge in [0.2, 0.25) is 0 Å². The Hall–Kier alpha value is -2.10. The first-order valence-electron chi connectivity index (χ1n) is 4.64. The molecule has 0 saturated carbocycles. The summed E-state index contributed by atoms with van der Waals surface area (Å²) in [7, 11) is 1.66. The summed E-state index contributed by atoms with van der Waals surface area (Å²) in [4.78, 5) is 11.4. The maximum atomic E-state index is 5.28. The number of para-hydroxylation sites is 1. The zero-order valence-corrected chi connectivity index (χ0v) is 8.19. The molecule has 0 spiro atoms. The number of nitrogens with zero attached hydrogens (tertiary/aromatic N) is 2. The molecule has 0 unspecified atom stereocenters. The molecule has 4 heteroatoms. The van der Waals surface area contributed by atoms with E-state index in [0.717, 1.165) is 27.7 Å². The lowest BCUT2D eigenvalue weighted by Gasteiger charge is -1.99. The van der Waals surface area contributed by atoms with Crippen molar-refractivity contribution in [2.24, 2.45) is 0 Å². The average molecular weight is 199 g/mol. The molecule has 0 aliphatic carbocycles. The van der Waals surface area contributed by atoms with E-state index in [0.29, 0.717) is 0 Å². The molecule has 74 valence electrons. The number of hydrogen-bond acceptors (Lipinski definition) is 3. The molecule has 0 radical (unpaired) electrons. The highest BCUT2D eigenvalue weighted by molar-refractivity contribution is 6.07. The Bertz CT molecular complexity index is 630. The zero-order chi connectivity index (χ0) is 10.3. The Kier molecular flexibility index (Phi) is 1.62. The molecule has 0 atom stereocenters. The van der Waals surface area contributed by atoms with Crippen LogP contribution in [0.3, 0.4) is 0 Å². The Balaban J connectivity index is 2.53. The minimum atomic E-state index is 0.825. The number of benzene rings is 1. The van der Waals surface area contributed by atoms with E-state index < -0.39 is 0 Å². The van der Waals surface area contributed by atoms with Gasteiger partial charge in [0.1, 0.15) is 17.7 Å². The van der Waals surface area contributed by atoms with Crippen molar-refractivity contribution in [2.75, 3.05) is 7.11 Å². The maximum absolute atomic E-state index is 5.28. The molecular weight excluding hydrogens is 190 g/mol. The van der Waals surface area contributed by atoms with Crippen molar-refractivity contribution < 1.29 is 4.74 Å². The van der Waals surface area contributed by atoms with Gasteiger partial charge in [0.15, 0.2) is 0 Å². The fourth-order valence-electron chi connectivity index (χ4n) is 1.80. The van der Waals surface area contributed by atoms with Crippen LogP contribution in [0.15, 0.2) is 30.7 Å². The van der Waals surface area contributed by atoms with Crippen molar-refractivity contribution in [1.82, 2.24) is 15.0 Å². The van der Waals surface area contributed by atoms with Crippen molar-refractivity contribution in [3.63, 3.8) is 0 Å². The second-order valence-electron chi connectivity index (χ2n) is 3.29. The molecule has 2 heterocycles. The van der Waals surface area contributed by atoms with Crippen LogP contribution in [0.2, 0.25) is 0 Å². The number of nitrogens with one attached hydrogen (secondary N) is 1. The quantitative estimate of drug-likeness (QED) is 0.653. The molecule has 2 aromatic heterocycles. The third-order valence-corrected chi connectivity index (χ3v) is 2.49. The summed E-state index contributed by atoms with van der Waals surface area (Å²) in [6.45, 7) is 0. The van der Waals surface area contributed by atoms with Crippen molar-refractivity contribution in [2.45, 2.75) is 0 Å². The third-order valence-electron chi connectivity index (χ3n) is 2.49. The molecular formula is C11H9N3O. The van der Waals surface area contributed by atoms with Gasteiger partial charge in [0.05, 0.1) is 12.6 Å². The van der Waals surface area contributed by atoms with Crippen LogP contribution in [-0.4, -0.2) is 22.1 Å². The molecule has 4 nitrogen and oxygen atoms in total. The number of ether oxygens (including phenoxy) is 1. The summed E-state index contributed by atoms with van der Waals surface area (Å²) >= 11 is 0. The molecule has 0 aliphatic heterocycles. The van der Waals surface area contributed by atoms with Crippen molar-refractivity contribution in [3.05, 3.63) is 30.7 Å².